The van der Waals surface area contributed by atoms with Crippen LogP contribution in [0.4, 0.5) is 4.39 Å². The van der Waals surface area contributed by atoms with Gasteiger partial charge in [-0.25, -0.2) is 14.4 Å². The van der Waals surface area contributed by atoms with Crippen LogP contribution in [0.2, 0.25) is 0 Å². The molecule has 2 aromatic rings. The van der Waals surface area contributed by atoms with Crippen molar-refractivity contribution in [3.63, 3.8) is 0 Å². The van der Waals surface area contributed by atoms with Gasteiger partial charge >= 0.3 is 0 Å². The largest absolute Gasteiger partial charge is 0.332 e. The standard InChI is InChI=1S/C15H14FN3O/c16-13-4-1-3-11(7-13)14-5-2-6-19(14)15(20)12-8-17-10-18-9-12/h1,3-4,7-10,14H,2,5-6H2. The summed E-state index contributed by atoms with van der Waals surface area (Å²) in [4.78, 5) is 22.0. The summed E-state index contributed by atoms with van der Waals surface area (Å²) in [6, 6.07) is 6.38. The molecule has 1 aliphatic heterocycles. The summed E-state index contributed by atoms with van der Waals surface area (Å²) in [5, 5.41) is 0. The van der Waals surface area contributed by atoms with Crippen molar-refractivity contribution in [2.24, 2.45) is 0 Å². The van der Waals surface area contributed by atoms with Gasteiger partial charge in [0.25, 0.3) is 5.91 Å². The minimum Gasteiger partial charge on any atom is -0.332 e. The Morgan fingerprint density at radius 1 is 1.30 bits per heavy atom. The maximum absolute atomic E-state index is 13.3. The lowest BCUT2D eigenvalue weighted by Crippen LogP contribution is -2.30. The number of carbonyl (C=O) groups excluding carboxylic acids is 1. The monoisotopic (exact) mass is 271 g/mol. The zero-order valence-electron chi connectivity index (χ0n) is 10.9. The maximum Gasteiger partial charge on any atom is 0.257 e. The molecule has 102 valence electrons. The fourth-order valence-electron chi connectivity index (χ4n) is 2.65. The molecule has 0 N–H and O–H groups in total. The lowest BCUT2D eigenvalue weighted by atomic mass is 10.0. The average Bonchev–Trinajstić information content (AvgIpc) is 2.97. The number of likely N-dealkylation sites (tertiary alicyclic amines) is 1. The first-order valence-corrected chi connectivity index (χ1v) is 6.57. The van der Waals surface area contributed by atoms with Gasteiger partial charge in [0, 0.05) is 18.9 Å². The SMILES string of the molecule is O=C(c1cncnc1)N1CCCC1c1cccc(F)c1. The molecule has 1 saturated heterocycles. The highest BCUT2D eigenvalue weighted by Crippen LogP contribution is 2.33. The number of aromatic nitrogens is 2. The number of hydrogen-bond donors (Lipinski definition) is 0. The summed E-state index contributed by atoms with van der Waals surface area (Å²) in [6.07, 6.45) is 6.18. The van der Waals surface area contributed by atoms with Crippen LogP contribution < -0.4 is 0 Å². The van der Waals surface area contributed by atoms with Crippen molar-refractivity contribution in [1.29, 1.82) is 0 Å². The molecule has 1 fully saturated rings. The Morgan fingerprint density at radius 3 is 2.85 bits per heavy atom. The number of hydrogen-bond acceptors (Lipinski definition) is 3. The van der Waals surface area contributed by atoms with Gasteiger partial charge in [0.1, 0.15) is 12.1 Å². The first-order valence-electron chi connectivity index (χ1n) is 6.57. The number of carbonyl (C=O) groups is 1. The van der Waals surface area contributed by atoms with E-state index in [1.165, 1.54) is 30.9 Å². The van der Waals surface area contributed by atoms with Gasteiger partial charge in [0.05, 0.1) is 11.6 Å². The molecule has 1 aliphatic rings. The highest BCUT2D eigenvalue weighted by molar-refractivity contribution is 5.94. The average molecular weight is 271 g/mol. The maximum atomic E-state index is 13.3. The van der Waals surface area contributed by atoms with Crippen molar-refractivity contribution in [3.8, 4) is 0 Å². The molecule has 0 spiro atoms. The van der Waals surface area contributed by atoms with Crippen molar-refractivity contribution in [2.75, 3.05) is 6.54 Å². The second kappa shape index (κ2) is 5.36. The quantitative estimate of drug-likeness (QED) is 0.843. The van der Waals surface area contributed by atoms with Crippen LogP contribution in [-0.4, -0.2) is 27.3 Å². The Balaban J connectivity index is 1.88. The number of benzene rings is 1. The molecule has 1 aromatic carbocycles. The van der Waals surface area contributed by atoms with E-state index in [2.05, 4.69) is 9.97 Å². The van der Waals surface area contributed by atoms with Crippen molar-refractivity contribution in [1.82, 2.24) is 14.9 Å². The Bertz CT molecular complexity index is 618. The van der Waals surface area contributed by atoms with Crippen LogP contribution in [0.1, 0.15) is 34.8 Å². The molecule has 1 atom stereocenters. The van der Waals surface area contributed by atoms with Gasteiger partial charge in [-0.05, 0) is 30.5 Å². The fourth-order valence-corrected chi connectivity index (χ4v) is 2.65. The van der Waals surface area contributed by atoms with E-state index in [1.54, 1.807) is 11.0 Å². The summed E-state index contributed by atoms with van der Waals surface area (Å²) in [5.41, 5.74) is 1.31. The highest BCUT2D eigenvalue weighted by Gasteiger charge is 2.30. The molecule has 0 bridgehead atoms. The van der Waals surface area contributed by atoms with Gasteiger partial charge in [-0.15, -0.1) is 0 Å². The second-order valence-corrected chi connectivity index (χ2v) is 4.84. The van der Waals surface area contributed by atoms with Crippen molar-refractivity contribution < 1.29 is 9.18 Å². The van der Waals surface area contributed by atoms with Gasteiger partial charge < -0.3 is 4.90 Å². The number of rotatable bonds is 2. The number of amides is 1. The van der Waals surface area contributed by atoms with Gasteiger partial charge in [-0.2, -0.15) is 0 Å². The third kappa shape index (κ3) is 2.39. The molecule has 0 aliphatic carbocycles. The molecule has 1 unspecified atom stereocenters. The van der Waals surface area contributed by atoms with Crippen LogP contribution in [0.25, 0.3) is 0 Å². The predicted molar refractivity (Wildman–Crippen MR) is 71.4 cm³/mol. The van der Waals surface area contributed by atoms with E-state index >= 15 is 0 Å². The second-order valence-electron chi connectivity index (χ2n) is 4.84. The third-order valence-electron chi connectivity index (χ3n) is 3.55. The lowest BCUT2D eigenvalue weighted by molar-refractivity contribution is 0.0734. The van der Waals surface area contributed by atoms with Gasteiger partial charge in [0.15, 0.2) is 0 Å². The van der Waals surface area contributed by atoms with Crippen LogP contribution in [-0.2, 0) is 0 Å². The number of nitrogens with zero attached hydrogens (tertiary/aromatic N) is 3. The first-order chi connectivity index (χ1) is 9.75. The normalized spacial score (nSPS) is 18.2. The Hall–Kier alpha value is -2.30. The molecule has 3 rings (SSSR count). The van der Waals surface area contributed by atoms with Crippen molar-refractivity contribution in [2.45, 2.75) is 18.9 Å². The smallest absolute Gasteiger partial charge is 0.257 e. The van der Waals surface area contributed by atoms with Crippen LogP contribution in [0.3, 0.4) is 0 Å². The van der Waals surface area contributed by atoms with E-state index in [4.69, 9.17) is 0 Å². The zero-order valence-corrected chi connectivity index (χ0v) is 10.9. The number of halogens is 1. The molecular formula is C15H14FN3O. The summed E-state index contributed by atoms with van der Waals surface area (Å²) < 4.78 is 13.3. The minimum atomic E-state index is -0.273. The van der Waals surface area contributed by atoms with E-state index in [9.17, 15) is 9.18 Å². The van der Waals surface area contributed by atoms with Gasteiger partial charge in [-0.3, -0.25) is 4.79 Å². The fraction of sp³-hybridized carbons (Fsp3) is 0.267. The highest BCUT2D eigenvalue weighted by atomic mass is 19.1. The molecule has 2 heterocycles. The van der Waals surface area contributed by atoms with E-state index < -0.39 is 0 Å². The molecule has 4 nitrogen and oxygen atoms in total. The topological polar surface area (TPSA) is 46.1 Å². The minimum absolute atomic E-state index is 0.0709. The molecule has 1 amide bonds. The van der Waals surface area contributed by atoms with Crippen LogP contribution in [0, 0.1) is 5.82 Å². The van der Waals surface area contributed by atoms with Gasteiger partial charge in [0.2, 0.25) is 0 Å². The zero-order chi connectivity index (χ0) is 13.9. The first kappa shape index (κ1) is 12.7. The van der Waals surface area contributed by atoms with Crippen molar-refractivity contribution >= 4 is 5.91 Å². The summed E-state index contributed by atoms with van der Waals surface area (Å²) in [7, 11) is 0. The van der Waals surface area contributed by atoms with Crippen LogP contribution in [0.5, 0.6) is 0 Å². The lowest BCUT2D eigenvalue weighted by Gasteiger charge is -2.25. The van der Waals surface area contributed by atoms with E-state index in [1.807, 2.05) is 6.07 Å². The molecular weight excluding hydrogens is 257 g/mol. The summed E-state index contributed by atoms with van der Waals surface area (Å²) in [5.74, 6) is -0.373. The Labute approximate surface area is 116 Å². The summed E-state index contributed by atoms with van der Waals surface area (Å²) in [6.45, 7) is 0.676. The Kier molecular flexibility index (Phi) is 3.41. The Morgan fingerprint density at radius 2 is 2.10 bits per heavy atom. The van der Waals surface area contributed by atoms with E-state index in [0.29, 0.717) is 12.1 Å². The molecule has 0 radical (unpaired) electrons. The van der Waals surface area contributed by atoms with Gasteiger partial charge in [-0.1, -0.05) is 12.1 Å². The van der Waals surface area contributed by atoms with Crippen LogP contribution >= 0.6 is 0 Å². The predicted octanol–water partition coefficient (Wildman–Crippen LogP) is 2.59. The molecule has 0 saturated carbocycles. The molecule has 20 heavy (non-hydrogen) atoms. The van der Waals surface area contributed by atoms with E-state index in [0.717, 1.165) is 18.4 Å². The molecule has 5 heteroatoms. The van der Waals surface area contributed by atoms with Crippen LogP contribution in [0.15, 0.2) is 43.0 Å². The van der Waals surface area contributed by atoms with E-state index in [-0.39, 0.29) is 17.8 Å². The molecule has 1 aromatic heterocycles. The summed E-state index contributed by atoms with van der Waals surface area (Å²) >= 11 is 0. The van der Waals surface area contributed by atoms with Crippen molar-refractivity contribution in [3.05, 3.63) is 59.9 Å². The third-order valence-corrected chi connectivity index (χ3v) is 3.55.